The Labute approximate surface area is 247 Å². The molecule has 9 nitrogen and oxygen atoms in total. The van der Waals surface area contributed by atoms with Crippen molar-refractivity contribution < 1.29 is 37.7 Å². The summed E-state index contributed by atoms with van der Waals surface area (Å²) in [7, 11) is 1.50. The van der Waals surface area contributed by atoms with Gasteiger partial charge in [-0.1, -0.05) is 36.7 Å². The SMILES string of the molecule is CCCOc1ccc(CN2C(=O)NC(=O)/C(=C\c3cc(Cl)c(OCc4ccc(F)cc4)c(OCC)c3)C2=O)cc1OC. The molecule has 0 radical (unpaired) electrons. The number of methoxy groups -OCH3 is 1. The third-order valence-electron chi connectivity index (χ3n) is 6.16. The molecule has 1 aliphatic rings. The monoisotopic (exact) mass is 596 g/mol. The first-order valence-electron chi connectivity index (χ1n) is 13.3. The summed E-state index contributed by atoms with van der Waals surface area (Å²) >= 11 is 6.52. The largest absolute Gasteiger partial charge is 0.493 e. The summed E-state index contributed by atoms with van der Waals surface area (Å²) < 4.78 is 35.9. The van der Waals surface area contributed by atoms with E-state index in [-0.39, 0.29) is 47.7 Å². The Morgan fingerprint density at radius 2 is 1.64 bits per heavy atom. The van der Waals surface area contributed by atoms with Crippen LogP contribution in [-0.4, -0.2) is 43.1 Å². The lowest BCUT2D eigenvalue weighted by Gasteiger charge is -2.26. The van der Waals surface area contributed by atoms with Crippen LogP contribution in [0.4, 0.5) is 9.18 Å². The minimum Gasteiger partial charge on any atom is -0.493 e. The van der Waals surface area contributed by atoms with E-state index in [4.69, 9.17) is 30.5 Å². The van der Waals surface area contributed by atoms with E-state index in [0.29, 0.717) is 29.2 Å². The maximum Gasteiger partial charge on any atom is 0.331 e. The van der Waals surface area contributed by atoms with Gasteiger partial charge in [-0.2, -0.15) is 0 Å². The van der Waals surface area contributed by atoms with Gasteiger partial charge in [-0.3, -0.25) is 19.8 Å². The van der Waals surface area contributed by atoms with Gasteiger partial charge in [-0.15, -0.1) is 0 Å². The van der Waals surface area contributed by atoms with E-state index in [1.165, 1.54) is 31.4 Å². The number of nitrogens with zero attached hydrogens (tertiary/aromatic N) is 1. The maximum atomic E-state index is 13.4. The third-order valence-corrected chi connectivity index (χ3v) is 6.44. The summed E-state index contributed by atoms with van der Waals surface area (Å²) in [5, 5.41) is 2.38. The van der Waals surface area contributed by atoms with Gasteiger partial charge in [-0.25, -0.2) is 9.18 Å². The lowest BCUT2D eigenvalue weighted by molar-refractivity contribution is -0.130. The summed E-state index contributed by atoms with van der Waals surface area (Å²) in [6.07, 6.45) is 2.15. The van der Waals surface area contributed by atoms with E-state index < -0.39 is 17.8 Å². The summed E-state index contributed by atoms with van der Waals surface area (Å²) in [6.45, 7) is 4.56. The maximum absolute atomic E-state index is 13.4. The molecule has 0 bridgehead atoms. The number of benzene rings is 3. The molecule has 0 spiro atoms. The van der Waals surface area contributed by atoms with Gasteiger partial charge in [0.1, 0.15) is 18.0 Å². The molecule has 1 saturated heterocycles. The Kier molecular flexibility index (Phi) is 10.0. The number of barbiturate groups is 1. The highest BCUT2D eigenvalue weighted by atomic mass is 35.5. The van der Waals surface area contributed by atoms with Crippen LogP contribution in [0.1, 0.15) is 37.0 Å². The van der Waals surface area contributed by atoms with E-state index in [0.717, 1.165) is 16.9 Å². The molecule has 0 unspecified atom stereocenters. The Balaban J connectivity index is 1.58. The molecule has 4 amide bonds. The van der Waals surface area contributed by atoms with Crippen molar-refractivity contribution in [2.75, 3.05) is 20.3 Å². The Bertz CT molecular complexity index is 1510. The fraction of sp³-hybridized carbons (Fsp3) is 0.258. The summed E-state index contributed by atoms with van der Waals surface area (Å²) in [5.41, 5.74) is 1.43. The van der Waals surface area contributed by atoms with E-state index >= 15 is 0 Å². The first-order chi connectivity index (χ1) is 20.2. The van der Waals surface area contributed by atoms with E-state index in [1.54, 1.807) is 43.3 Å². The zero-order valence-electron chi connectivity index (χ0n) is 23.4. The van der Waals surface area contributed by atoms with Crippen LogP contribution < -0.4 is 24.3 Å². The van der Waals surface area contributed by atoms with Gasteiger partial charge in [-0.05, 0) is 72.5 Å². The minimum absolute atomic E-state index is 0.106. The highest BCUT2D eigenvalue weighted by Crippen LogP contribution is 2.38. The number of ether oxygens (including phenoxy) is 4. The van der Waals surface area contributed by atoms with Crippen molar-refractivity contribution in [3.05, 3.63) is 87.7 Å². The fourth-order valence-corrected chi connectivity index (χ4v) is 4.41. The van der Waals surface area contributed by atoms with Gasteiger partial charge in [0.15, 0.2) is 23.0 Å². The van der Waals surface area contributed by atoms with E-state index in [2.05, 4.69) is 5.32 Å². The minimum atomic E-state index is -0.843. The third kappa shape index (κ3) is 7.19. The number of carbonyl (C=O) groups is 3. The number of hydrogen-bond donors (Lipinski definition) is 1. The second-order valence-corrected chi connectivity index (χ2v) is 9.63. The molecule has 11 heteroatoms. The number of imide groups is 2. The van der Waals surface area contributed by atoms with Crippen molar-refractivity contribution in [1.29, 1.82) is 0 Å². The number of halogens is 2. The van der Waals surface area contributed by atoms with Crippen LogP contribution in [-0.2, 0) is 22.7 Å². The lowest BCUT2D eigenvalue weighted by atomic mass is 10.1. The second-order valence-electron chi connectivity index (χ2n) is 9.22. The normalized spacial score (nSPS) is 14.2. The average molecular weight is 597 g/mol. The molecule has 1 aliphatic heterocycles. The highest BCUT2D eigenvalue weighted by molar-refractivity contribution is 6.33. The number of hydrogen-bond acceptors (Lipinski definition) is 7. The molecule has 0 aliphatic carbocycles. The number of nitrogens with one attached hydrogen (secondary N) is 1. The quantitative estimate of drug-likeness (QED) is 0.205. The molecule has 1 N–H and O–H groups in total. The highest BCUT2D eigenvalue weighted by Gasteiger charge is 2.36. The predicted octanol–water partition coefficient (Wildman–Crippen LogP) is 5.92. The van der Waals surface area contributed by atoms with Crippen LogP contribution >= 0.6 is 11.6 Å². The van der Waals surface area contributed by atoms with Gasteiger partial charge in [0, 0.05) is 0 Å². The van der Waals surface area contributed by atoms with Crippen LogP contribution in [0.5, 0.6) is 23.0 Å². The predicted molar refractivity (Wildman–Crippen MR) is 154 cm³/mol. The first kappa shape index (κ1) is 30.4. The van der Waals surface area contributed by atoms with Gasteiger partial charge >= 0.3 is 6.03 Å². The van der Waals surface area contributed by atoms with Crippen LogP contribution in [0, 0.1) is 5.82 Å². The van der Waals surface area contributed by atoms with Crippen molar-refractivity contribution in [2.45, 2.75) is 33.4 Å². The van der Waals surface area contributed by atoms with Crippen molar-refractivity contribution in [1.82, 2.24) is 10.2 Å². The van der Waals surface area contributed by atoms with Crippen molar-refractivity contribution in [2.24, 2.45) is 0 Å². The zero-order valence-corrected chi connectivity index (χ0v) is 24.1. The Hall–Kier alpha value is -4.57. The molecule has 220 valence electrons. The molecule has 0 saturated carbocycles. The lowest BCUT2D eigenvalue weighted by Crippen LogP contribution is -2.53. The van der Waals surface area contributed by atoms with Gasteiger partial charge < -0.3 is 18.9 Å². The fourth-order valence-electron chi connectivity index (χ4n) is 4.14. The molecule has 42 heavy (non-hydrogen) atoms. The molecular weight excluding hydrogens is 567 g/mol. The number of amides is 4. The van der Waals surface area contributed by atoms with Crippen molar-refractivity contribution >= 4 is 35.5 Å². The smallest absolute Gasteiger partial charge is 0.331 e. The first-order valence-corrected chi connectivity index (χ1v) is 13.6. The zero-order chi connectivity index (χ0) is 30.2. The summed E-state index contributed by atoms with van der Waals surface area (Å²) in [4.78, 5) is 39.6. The Morgan fingerprint density at radius 3 is 2.33 bits per heavy atom. The van der Waals surface area contributed by atoms with Crippen LogP contribution in [0.25, 0.3) is 6.08 Å². The molecule has 1 heterocycles. The van der Waals surface area contributed by atoms with E-state index in [1.807, 2.05) is 6.92 Å². The Morgan fingerprint density at radius 1 is 0.905 bits per heavy atom. The number of rotatable bonds is 12. The molecule has 3 aromatic rings. The topological polar surface area (TPSA) is 103 Å². The van der Waals surface area contributed by atoms with Crippen molar-refractivity contribution in [3.63, 3.8) is 0 Å². The van der Waals surface area contributed by atoms with Crippen LogP contribution in [0.3, 0.4) is 0 Å². The molecule has 0 atom stereocenters. The molecule has 3 aromatic carbocycles. The average Bonchev–Trinajstić information content (AvgIpc) is 2.97. The second kappa shape index (κ2) is 13.9. The number of carbonyl (C=O) groups excluding carboxylic acids is 3. The molecule has 1 fully saturated rings. The van der Waals surface area contributed by atoms with Gasteiger partial charge in [0.05, 0.1) is 31.9 Å². The summed E-state index contributed by atoms with van der Waals surface area (Å²) in [6, 6.07) is 13.2. The van der Waals surface area contributed by atoms with Crippen LogP contribution in [0.15, 0.2) is 60.2 Å². The molecular formula is C31H30ClFN2O7. The van der Waals surface area contributed by atoms with Crippen LogP contribution in [0.2, 0.25) is 5.02 Å². The molecule has 0 aromatic heterocycles. The van der Waals surface area contributed by atoms with Gasteiger partial charge in [0.25, 0.3) is 11.8 Å². The molecule has 4 rings (SSSR count). The standard InChI is InChI=1S/C31H30ClFN2O7/c1-4-12-41-25-11-8-20(15-26(25)39-3)17-35-30(37)23(29(36)34-31(35)38)13-21-14-24(32)28(27(16-21)40-5-2)42-18-19-6-9-22(33)10-7-19/h6-11,13-16H,4-5,12,17-18H2,1-3H3,(H,34,36,38)/b23-13+. The van der Waals surface area contributed by atoms with Crippen molar-refractivity contribution in [3.8, 4) is 23.0 Å². The van der Waals surface area contributed by atoms with E-state index in [9.17, 15) is 18.8 Å². The van der Waals surface area contributed by atoms with Gasteiger partial charge in [0.2, 0.25) is 0 Å². The summed E-state index contributed by atoms with van der Waals surface area (Å²) in [5.74, 6) is -0.444. The number of urea groups is 1.